The van der Waals surface area contributed by atoms with Gasteiger partial charge >= 0.3 is 6.36 Å². The number of halogens is 4. The highest BCUT2D eigenvalue weighted by atomic mass is 19.4. The Morgan fingerprint density at radius 1 is 1.15 bits per heavy atom. The number of aromatic nitrogens is 1. The van der Waals surface area contributed by atoms with Crippen LogP contribution in [0.2, 0.25) is 0 Å². The number of rotatable bonds is 3. The number of ether oxygens (including phenoxy) is 1. The average molecular weight is 285 g/mol. The Balaban J connectivity index is 2.35. The van der Waals surface area contributed by atoms with E-state index in [1.165, 1.54) is 18.3 Å². The summed E-state index contributed by atoms with van der Waals surface area (Å²) >= 11 is 0. The second-order valence-corrected chi connectivity index (χ2v) is 3.77. The maximum Gasteiger partial charge on any atom is 0.573 e. The van der Waals surface area contributed by atoms with Crippen LogP contribution >= 0.6 is 0 Å². The Morgan fingerprint density at radius 3 is 2.50 bits per heavy atom. The zero-order valence-electron chi connectivity index (χ0n) is 9.82. The van der Waals surface area contributed by atoms with Gasteiger partial charge in [0.1, 0.15) is 17.3 Å². The van der Waals surface area contributed by atoms with Crippen molar-refractivity contribution in [1.82, 2.24) is 4.98 Å². The summed E-state index contributed by atoms with van der Waals surface area (Å²) in [6, 6.07) is 6.65. The number of hydrogen-bond donors (Lipinski definition) is 0. The number of alkyl halides is 3. The van der Waals surface area contributed by atoms with E-state index >= 15 is 0 Å². The van der Waals surface area contributed by atoms with E-state index in [4.69, 9.17) is 0 Å². The van der Waals surface area contributed by atoms with Crippen LogP contribution in [-0.2, 0) is 0 Å². The van der Waals surface area contributed by atoms with Crippen molar-refractivity contribution in [1.29, 1.82) is 0 Å². The van der Waals surface area contributed by atoms with Crippen LogP contribution in [-0.4, -0.2) is 17.1 Å². The number of hydrogen-bond acceptors (Lipinski definition) is 3. The maximum absolute atomic E-state index is 13.3. The second-order valence-electron chi connectivity index (χ2n) is 3.77. The predicted molar refractivity (Wildman–Crippen MR) is 60.8 cm³/mol. The summed E-state index contributed by atoms with van der Waals surface area (Å²) < 4.78 is 53.1. The molecule has 0 aliphatic heterocycles. The van der Waals surface area contributed by atoms with Crippen molar-refractivity contribution in [2.45, 2.75) is 6.36 Å². The van der Waals surface area contributed by atoms with E-state index in [-0.39, 0.29) is 11.3 Å². The lowest BCUT2D eigenvalue weighted by Gasteiger charge is -2.10. The van der Waals surface area contributed by atoms with Crippen molar-refractivity contribution in [3.63, 3.8) is 0 Å². The van der Waals surface area contributed by atoms with Gasteiger partial charge < -0.3 is 4.74 Å². The van der Waals surface area contributed by atoms with Crippen LogP contribution in [0.3, 0.4) is 0 Å². The van der Waals surface area contributed by atoms with Gasteiger partial charge in [-0.25, -0.2) is 4.39 Å². The van der Waals surface area contributed by atoms with Crippen LogP contribution in [0, 0.1) is 5.82 Å². The molecule has 0 N–H and O–H groups in total. The predicted octanol–water partition coefficient (Wildman–Crippen LogP) is 3.35. The fourth-order valence-electron chi connectivity index (χ4n) is 1.53. The zero-order chi connectivity index (χ0) is 14.8. The highest BCUT2D eigenvalue weighted by Gasteiger charge is 2.31. The van der Waals surface area contributed by atoms with Gasteiger partial charge in [0, 0.05) is 17.8 Å². The minimum atomic E-state index is -4.96. The maximum atomic E-state index is 13.3. The fraction of sp³-hybridized carbons (Fsp3) is 0.0769. The summed E-state index contributed by atoms with van der Waals surface area (Å²) in [6.07, 6.45) is -3.61. The molecular weight excluding hydrogens is 278 g/mol. The van der Waals surface area contributed by atoms with Crippen LogP contribution in [0.5, 0.6) is 5.75 Å². The number of carbonyl (C=O) groups is 1. The number of nitrogens with zero attached hydrogens (tertiary/aromatic N) is 1. The number of pyridine rings is 1. The first-order valence-electron chi connectivity index (χ1n) is 5.37. The number of benzene rings is 1. The molecule has 2 rings (SSSR count). The van der Waals surface area contributed by atoms with Crippen LogP contribution in [0.1, 0.15) is 16.1 Å². The van der Waals surface area contributed by atoms with E-state index in [1.54, 1.807) is 6.07 Å². The van der Waals surface area contributed by atoms with Crippen LogP contribution in [0.4, 0.5) is 17.6 Å². The molecular formula is C13H7F4NO2. The first kappa shape index (κ1) is 14.0. The van der Waals surface area contributed by atoms with Gasteiger partial charge in [-0.05, 0) is 24.3 Å². The third kappa shape index (κ3) is 3.53. The fourth-order valence-corrected chi connectivity index (χ4v) is 1.53. The van der Waals surface area contributed by atoms with Gasteiger partial charge in [-0.3, -0.25) is 9.78 Å². The number of carbonyl (C=O) groups excluding carboxylic acids is 1. The molecule has 0 radical (unpaired) electrons. The van der Waals surface area contributed by atoms with E-state index < -0.39 is 23.7 Å². The molecule has 104 valence electrons. The molecule has 0 unspecified atom stereocenters. The Morgan fingerprint density at radius 2 is 1.90 bits per heavy atom. The third-order valence-electron chi connectivity index (χ3n) is 2.26. The minimum absolute atomic E-state index is 0.00365. The minimum Gasteiger partial charge on any atom is -0.406 e. The normalized spacial score (nSPS) is 11.2. The Kier molecular flexibility index (Phi) is 3.69. The quantitative estimate of drug-likeness (QED) is 0.641. The Labute approximate surface area is 110 Å². The van der Waals surface area contributed by atoms with Crippen molar-refractivity contribution in [3.8, 4) is 5.75 Å². The molecule has 0 aliphatic carbocycles. The van der Waals surface area contributed by atoms with Gasteiger partial charge in [0.05, 0.1) is 0 Å². The van der Waals surface area contributed by atoms with E-state index in [9.17, 15) is 22.4 Å². The molecule has 0 bridgehead atoms. The third-order valence-corrected chi connectivity index (χ3v) is 2.26. The van der Waals surface area contributed by atoms with Crippen LogP contribution < -0.4 is 4.74 Å². The highest BCUT2D eigenvalue weighted by Crippen LogP contribution is 2.25. The highest BCUT2D eigenvalue weighted by molar-refractivity contribution is 6.07. The van der Waals surface area contributed by atoms with Crippen molar-refractivity contribution < 1.29 is 27.1 Å². The molecule has 0 amide bonds. The molecule has 0 saturated heterocycles. The Hall–Kier alpha value is -2.44. The molecule has 3 nitrogen and oxygen atoms in total. The SMILES string of the molecule is O=C(c1cc(F)cc(OC(F)(F)F)c1)c1ccccn1. The molecule has 0 saturated carbocycles. The molecule has 0 atom stereocenters. The molecule has 7 heteroatoms. The van der Waals surface area contributed by atoms with E-state index in [0.717, 1.165) is 12.1 Å². The van der Waals surface area contributed by atoms with Gasteiger partial charge in [0.15, 0.2) is 0 Å². The first-order chi connectivity index (χ1) is 9.35. The summed E-state index contributed by atoms with van der Waals surface area (Å²) in [5.41, 5.74) is -0.279. The lowest BCUT2D eigenvalue weighted by Crippen LogP contribution is -2.17. The van der Waals surface area contributed by atoms with Crippen molar-refractivity contribution in [2.24, 2.45) is 0 Å². The second kappa shape index (κ2) is 5.28. The Bertz CT molecular complexity index is 626. The van der Waals surface area contributed by atoms with Gasteiger partial charge in [0.2, 0.25) is 5.78 Å². The molecule has 20 heavy (non-hydrogen) atoms. The van der Waals surface area contributed by atoms with Gasteiger partial charge in [-0.1, -0.05) is 6.07 Å². The molecule has 0 fully saturated rings. The molecule has 0 aliphatic rings. The summed E-state index contributed by atoms with van der Waals surface area (Å²) in [5.74, 6) is -2.50. The molecule has 0 spiro atoms. The zero-order valence-corrected chi connectivity index (χ0v) is 9.82. The van der Waals surface area contributed by atoms with E-state index in [0.29, 0.717) is 6.07 Å². The smallest absolute Gasteiger partial charge is 0.406 e. The first-order valence-corrected chi connectivity index (χ1v) is 5.37. The van der Waals surface area contributed by atoms with Gasteiger partial charge in [-0.15, -0.1) is 13.2 Å². The summed E-state index contributed by atoms with van der Waals surface area (Å²) in [5, 5.41) is 0. The monoisotopic (exact) mass is 285 g/mol. The summed E-state index contributed by atoms with van der Waals surface area (Å²) in [4.78, 5) is 15.7. The largest absolute Gasteiger partial charge is 0.573 e. The molecule has 1 aromatic carbocycles. The van der Waals surface area contributed by atoms with Crippen molar-refractivity contribution >= 4 is 5.78 Å². The number of ketones is 1. The molecule has 1 aromatic heterocycles. The summed E-state index contributed by atoms with van der Waals surface area (Å²) in [6.45, 7) is 0. The molecule has 1 heterocycles. The molecule has 2 aromatic rings. The van der Waals surface area contributed by atoms with Crippen LogP contribution in [0.15, 0.2) is 42.6 Å². The lowest BCUT2D eigenvalue weighted by atomic mass is 10.1. The standard InChI is InChI=1S/C13H7F4NO2/c14-9-5-8(6-10(7-9)20-13(15,16)17)12(19)11-3-1-2-4-18-11/h1-7H. The van der Waals surface area contributed by atoms with E-state index in [1.807, 2.05) is 0 Å². The topological polar surface area (TPSA) is 39.2 Å². The van der Waals surface area contributed by atoms with Gasteiger partial charge in [0.25, 0.3) is 0 Å². The average Bonchev–Trinajstić information content (AvgIpc) is 2.36. The van der Waals surface area contributed by atoms with Crippen LogP contribution in [0.25, 0.3) is 0 Å². The van der Waals surface area contributed by atoms with E-state index in [2.05, 4.69) is 9.72 Å². The van der Waals surface area contributed by atoms with Crippen molar-refractivity contribution in [3.05, 3.63) is 59.7 Å². The summed E-state index contributed by atoms with van der Waals surface area (Å²) in [7, 11) is 0. The van der Waals surface area contributed by atoms with Gasteiger partial charge in [-0.2, -0.15) is 0 Å². The lowest BCUT2D eigenvalue weighted by molar-refractivity contribution is -0.274. The van der Waals surface area contributed by atoms with Crippen molar-refractivity contribution in [2.75, 3.05) is 0 Å².